The van der Waals surface area contributed by atoms with Crippen LogP contribution in [-0.4, -0.2) is 9.97 Å². The molecule has 1 aromatic heterocycles. The lowest BCUT2D eigenvalue weighted by atomic mass is 10.5. The Bertz CT molecular complexity index is 232. The number of rotatable bonds is 2. The van der Waals surface area contributed by atoms with Crippen molar-refractivity contribution in [1.82, 2.24) is 9.97 Å². The van der Waals surface area contributed by atoms with Crippen LogP contribution in [0, 0.1) is 6.92 Å². The molecule has 0 saturated carbocycles. The van der Waals surface area contributed by atoms with E-state index in [0.29, 0.717) is 0 Å². The summed E-state index contributed by atoms with van der Waals surface area (Å²) >= 11 is 0. The van der Waals surface area contributed by atoms with Gasteiger partial charge in [-0.25, -0.2) is 4.98 Å². The lowest BCUT2D eigenvalue weighted by Crippen LogP contribution is -1.92. The van der Waals surface area contributed by atoms with Crippen LogP contribution in [0.25, 0.3) is 0 Å². The molecular formula is C7H9N3. The van der Waals surface area contributed by atoms with Gasteiger partial charge in [-0.1, -0.05) is 6.58 Å². The molecule has 0 aliphatic rings. The van der Waals surface area contributed by atoms with Crippen LogP contribution in [0.4, 0.5) is 5.82 Å². The van der Waals surface area contributed by atoms with Gasteiger partial charge in [0.1, 0.15) is 5.82 Å². The fourth-order valence-corrected chi connectivity index (χ4v) is 0.638. The molecule has 0 fully saturated rings. The Morgan fingerprint density at radius 1 is 1.60 bits per heavy atom. The van der Waals surface area contributed by atoms with Crippen LogP contribution >= 0.6 is 0 Å². The molecular weight excluding hydrogens is 126 g/mol. The third-order valence-corrected chi connectivity index (χ3v) is 1.00. The van der Waals surface area contributed by atoms with Crippen LogP contribution in [0.2, 0.25) is 0 Å². The summed E-state index contributed by atoms with van der Waals surface area (Å²) in [6.45, 7) is 5.40. The Balaban J connectivity index is 2.84. The van der Waals surface area contributed by atoms with Gasteiger partial charge in [0.2, 0.25) is 0 Å². The lowest BCUT2D eigenvalue weighted by Gasteiger charge is -1.97. The molecule has 3 heteroatoms. The Morgan fingerprint density at radius 2 is 2.40 bits per heavy atom. The zero-order valence-electron chi connectivity index (χ0n) is 5.83. The molecule has 0 unspecified atom stereocenters. The van der Waals surface area contributed by atoms with Crippen molar-refractivity contribution in [2.45, 2.75) is 6.92 Å². The Hall–Kier alpha value is -1.38. The van der Waals surface area contributed by atoms with Crippen molar-refractivity contribution in [2.75, 3.05) is 5.32 Å². The maximum atomic E-state index is 4.12. The van der Waals surface area contributed by atoms with Crippen LogP contribution in [0.15, 0.2) is 25.2 Å². The monoisotopic (exact) mass is 135 g/mol. The van der Waals surface area contributed by atoms with Crippen LogP contribution < -0.4 is 5.32 Å². The van der Waals surface area contributed by atoms with E-state index in [1.54, 1.807) is 18.6 Å². The first-order valence-electron chi connectivity index (χ1n) is 2.99. The summed E-state index contributed by atoms with van der Waals surface area (Å²) < 4.78 is 0. The Labute approximate surface area is 59.8 Å². The number of hydrogen-bond acceptors (Lipinski definition) is 3. The van der Waals surface area contributed by atoms with E-state index in [-0.39, 0.29) is 0 Å². The zero-order valence-corrected chi connectivity index (χ0v) is 5.83. The molecule has 52 valence electrons. The topological polar surface area (TPSA) is 37.8 Å². The predicted octanol–water partition coefficient (Wildman–Crippen LogP) is 1.34. The van der Waals surface area contributed by atoms with Crippen molar-refractivity contribution in [3.05, 3.63) is 30.9 Å². The zero-order chi connectivity index (χ0) is 7.40. The second-order valence-electron chi connectivity index (χ2n) is 1.89. The molecule has 1 N–H and O–H groups in total. The highest BCUT2D eigenvalue weighted by Gasteiger charge is 1.88. The molecule has 3 nitrogen and oxygen atoms in total. The minimum atomic E-state index is 0.731. The fourth-order valence-electron chi connectivity index (χ4n) is 0.638. The molecule has 0 amide bonds. The first-order valence-corrected chi connectivity index (χ1v) is 2.99. The smallest absolute Gasteiger partial charge is 0.148 e. The second-order valence-corrected chi connectivity index (χ2v) is 1.89. The third kappa shape index (κ3) is 1.55. The molecule has 0 radical (unpaired) electrons. The minimum Gasteiger partial charge on any atom is -0.346 e. The van der Waals surface area contributed by atoms with E-state index in [4.69, 9.17) is 0 Å². The van der Waals surface area contributed by atoms with Gasteiger partial charge in [-0.2, -0.15) is 0 Å². The summed E-state index contributed by atoms with van der Waals surface area (Å²) in [5.41, 5.74) is 0.895. The van der Waals surface area contributed by atoms with Crippen LogP contribution in [-0.2, 0) is 0 Å². The van der Waals surface area contributed by atoms with Crippen LogP contribution in [0.1, 0.15) is 5.69 Å². The largest absolute Gasteiger partial charge is 0.346 e. The van der Waals surface area contributed by atoms with E-state index in [2.05, 4.69) is 21.9 Å². The van der Waals surface area contributed by atoms with E-state index >= 15 is 0 Å². The molecule has 1 heterocycles. The van der Waals surface area contributed by atoms with Crippen LogP contribution in [0.3, 0.4) is 0 Å². The summed E-state index contributed by atoms with van der Waals surface area (Å²) in [6.07, 6.45) is 4.92. The highest BCUT2D eigenvalue weighted by Crippen LogP contribution is 1.99. The van der Waals surface area contributed by atoms with Crippen molar-refractivity contribution >= 4 is 5.82 Å². The molecule has 0 spiro atoms. The molecule has 1 rings (SSSR count). The van der Waals surface area contributed by atoms with Gasteiger partial charge in [-0.3, -0.25) is 4.98 Å². The van der Waals surface area contributed by atoms with Crippen molar-refractivity contribution in [1.29, 1.82) is 0 Å². The summed E-state index contributed by atoms with van der Waals surface area (Å²) in [4.78, 5) is 8.05. The molecule has 1 aromatic rings. The van der Waals surface area contributed by atoms with E-state index in [9.17, 15) is 0 Å². The highest BCUT2D eigenvalue weighted by atomic mass is 15.0. The van der Waals surface area contributed by atoms with Crippen LogP contribution in [0.5, 0.6) is 0 Å². The number of nitrogens with one attached hydrogen (secondary N) is 1. The van der Waals surface area contributed by atoms with Gasteiger partial charge < -0.3 is 5.32 Å². The first kappa shape index (κ1) is 6.74. The lowest BCUT2D eigenvalue weighted by molar-refractivity contribution is 1.12. The van der Waals surface area contributed by atoms with Gasteiger partial charge in [0.25, 0.3) is 0 Å². The summed E-state index contributed by atoms with van der Waals surface area (Å²) in [5, 5.41) is 2.84. The standard InChI is InChI=1S/C7H9N3/c1-3-9-7-5-8-4-6(2)10-7/h3-5H,1H2,2H3,(H,9,10). The molecule has 0 atom stereocenters. The summed E-state index contributed by atoms with van der Waals surface area (Å²) in [5.74, 6) is 0.731. The van der Waals surface area contributed by atoms with E-state index < -0.39 is 0 Å². The maximum absolute atomic E-state index is 4.12. The minimum absolute atomic E-state index is 0.731. The van der Waals surface area contributed by atoms with Gasteiger partial charge in [-0.15, -0.1) is 0 Å². The average Bonchev–Trinajstić information content (AvgIpc) is 1.88. The summed E-state index contributed by atoms with van der Waals surface area (Å²) in [7, 11) is 0. The first-order chi connectivity index (χ1) is 4.83. The Morgan fingerprint density at radius 3 is 3.00 bits per heavy atom. The molecule has 0 saturated heterocycles. The van der Waals surface area contributed by atoms with Crippen molar-refractivity contribution < 1.29 is 0 Å². The molecule has 0 bridgehead atoms. The van der Waals surface area contributed by atoms with Crippen molar-refractivity contribution in [3.8, 4) is 0 Å². The van der Waals surface area contributed by atoms with E-state index in [1.165, 1.54) is 0 Å². The quantitative estimate of drug-likeness (QED) is 0.665. The van der Waals surface area contributed by atoms with Gasteiger partial charge in [0.15, 0.2) is 0 Å². The van der Waals surface area contributed by atoms with E-state index in [0.717, 1.165) is 11.5 Å². The van der Waals surface area contributed by atoms with Gasteiger partial charge in [0, 0.05) is 6.20 Å². The number of anilines is 1. The van der Waals surface area contributed by atoms with Gasteiger partial charge >= 0.3 is 0 Å². The predicted molar refractivity (Wildman–Crippen MR) is 40.6 cm³/mol. The average molecular weight is 135 g/mol. The normalized spacial score (nSPS) is 8.90. The fraction of sp³-hybridized carbons (Fsp3) is 0.143. The number of aryl methyl sites for hydroxylation is 1. The highest BCUT2D eigenvalue weighted by molar-refractivity contribution is 5.34. The maximum Gasteiger partial charge on any atom is 0.148 e. The molecule has 0 aliphatic heterocycles. The third-order valence-electron chi connectivity index (χ3n) is 1.00. The van der Waals surface area contributed by atoms with Gasteiger partial charge in [0.05, 0.1) is 11.9 Å². The molecule has 0 aliphatic carbocycles. The SMILES string of the molecule is C=CNc1cncc(C)n1. The number of aromatic nitrogens is 2. The van der Waals surface area contributed by atoms with Crippen molar-refractivity contribution in [3.63, 3.8) is 0 Å². The van der Waals surface area contributed by atoms with E-state index in [1.807, 2.05) is 6.92 Å². The second kappa shape index (κ2) is 2.96. The number of nitrogens with zero attached hydrogens (tertiary/aromatic N) is 2. The molecule has 10 heavy (non-hydrogen) atoms. The van der Waals surface area contributed by atoms with Gasteiger partial charge in [-0.05, 0) is 13.1 Å². The number of hydrogen-bond donors (Lipinski definition) is 1. The summed E-state index contributed by atoms with van der Waals surface area (Å²) in [6, 6.07) is 0. The van der Waals surface area contributed by atoms with Crippen molar-refractivity contribution in [2.24, 2.45) is 0 Å². The Kier molecular flexibility index (Phi) is 1.99. The molecule has 0 aromatic carbocycles.